The lowest BCUT2D eigenvalue weighted by Gasteiger charge is -2.24. The molecule has 0 fully saturated rings. The molecule has 3 nitrogen and oxygen atoms in total. The Hall–Kier alpha value is -6.34. The van der Waals surface area contributed by atoms with Crippen LogP contribution in [-0.2, 0) is 10.8 Å². The van der Waals surface area contributed by atoms with Gasteiger partial charge in [0.05, 0.1) is 11.2 Å². The smallest absolute Gasteiger partial charge is 0.197 e. The first kappa shape index (κ1) is 36.3. The first-order valence-corrected chi connectivity index (χ1v) is 23.2. The summed E-state index contributed by atoms with van der Waals surface area (Å²) < 4.78 is 14.5. The molecule has 1 N–H and O–H groups in total. The molecule has 0 unspecified atom stereocenters. The number of anilines is 2. The number of thiophene rings is 2. The maximum absolute atomic E-state index is 6.67. The first-order chi connectivity index (χ1) is 29.9. The van der Waals surface area contributed by atoms with Gasteiger partial charge in [-0.15, -0.1) is 22.7 Å². The molecule has 1 aliphatic heterocycles. The molecule has 12 aromatic rings. The molecule has 5 heterocycles. The number of nitrogens with one attached hydrogen (secondary N) is 1. The second-order valence-electron chi connectivity index (χ2n) is 19.3. The SMILES string of the molecule is CC(C)(C)c1ccc(Nc2cc3oc4ccc(C(C)(C)C)cc4c3cc2-c2ccc3c4cc5c(cc4n4c3c2[B]c2cc3sc6ccccc6c3cc2-4)sc2ccccc25)cc1. The van der Waals surface area contributed by atoms with Crippen LogP contribution in [0.25, 0.3) is 101 Å². The molecule has 0 bridgehead atoms. The van der Waals surface area contributed by atoms with Crippen molar-refractivity contribution >= 4 is 136 Å². The minimum atomic E-state index is 0.00686. The lowest BCUT2D eigenvalue weighted by atomic mass is 9.59. The van der Waals surface area contributed by atoms with E-state index in [1.807, 2.05) is 22.7 Å². The molecule has 0 saturated carbocycles. The van der Waals surface area contributed by atoms with Gasteiger partial charge in [0.25, 0.3) is 0 Å². The van der Waals surface area contributed by atoms with Crippen LogP contribution in [0, 0.1) is 0 Å². The molecule has 13 rings (SSSR count). The molecule has 0 spiro atoms. The van der Waals surface area contributed by atoms with Crippen LogP contribution in [0.4, 0.5) is 11.4 Å². The highest BCUT2D eigenvalue weighted by atomic mass is 32.1. The molecule has 62 heavy (non-hydrogen) atoms. The van der Waals surface area contributed by atoms with E-state index in [-0.39, 0.29) is 10.8 Å². The van der Waals surface area contributed by atoms with Gasteiger partial charge < -0.3 is 14.3 Å². The Morgan fingerprint density at radius 1 is 0.500 bits per heavy atom. The van der Waals surface area contributed by atoms with Gasteiger partial charge in [0.15, 0.2) is 7.28 Å². The molecule has 0 saturated heterocycles. The third kappa shape index (κ3) is 5.29. The van der Waals surface area contributed by atoms with Crippen molar-refractivity contribution in [2.24, 2.45) is 0 Å². The lowest BCUT2D eigenvalue weighted by Crippen LogP contribution is -2.37. The molecular formula is C56H42BN2OS2. The van der Waals surface area contributed by atoms with E-state index in [2.05, 4.69) is 198 Å². The molecule has 297 valence electrons. The Bertz CT molecular complexity index is 3880. The summed E-state index contributed by atoms with van der Waals surface area (Å²) in [5, 5.41) is 14.0. The molecule has 0 atom stereocenters. The summed E-state index contributed by atoms with van der Waals surface area (Å²) in [6, 6.07) is 52.4. The van der Waals surface area contributed by atoms with Crippen LogP contribution in [0.3, 0.4) is 0 Å². The lowest BCUT2D eigenvalue weighted by molar-refractivity contribution is 0.590. The summed E-state index contributed by atoms with van der Waals surface area (Å²) >= 11 is 3.77. The second kappa shape index (κ2) is 12.6. The standard InChI is InChI=1S/C56H42BN2OS2/c1-55(2,3)30-15-18-32(19-16-30)58-44-28-48-40(39-23-31(56(4,5)6)17-22-47(39)60-48)24-37(44)35-20-21-36-38-25-41-33-11-7-9-13-49(33)62-52(41)29-45(38)59-46-26-42-34-12-8-10-14-50(34)61-51(42)27-43(46)57-53(35)54(36)59/h7-29,58H,1-6H3. The van der Waals surface area contributed by atoms with Crippen molar-refractivity contribution in [3.05, 3.63) is 151 Å². The normalized spacial score (nSPS) is 13.1. The zero-order chi connectivity index (χ0) is 41.8. The fourth-order valence-electron chi connectivity index (χ4n) is 10.0. The summed E-state index contributed by atoms with van der Waals surface area (Å²) in [6.07, 6.45) is 0. The van der Waals surface area contributed by atoms with Crippen molar-refractivity contribution in [2.45, 2.75) is 52.4 Å². The van der Waals surface area contributed by atoms with Gasteiger partial charge in [0.1, 0.15) is 11.2 Å². The van der Waals surface area contributed by atoms with E-state index in [1.54, 1.807) is 0 Å². The molecule has 1 aliphatic rings. The van der Waals surface area contributed by atoms with Gasteiger partial charge in [-0.25, -0.2) is 0 Å². The Kier molecular flexibility index (Phi) is 7.40. The zero-order valence-electron chi connectivity index (χ0n) is 35.5. The fourth-order valence-corrected chi connectivity index (χ4v) is 12.3. The van der Waals surface area contributed by atoms with Crippen LogP contribution < -0.4 is 16.2 Å². The van der Waals surface area contributed by atoms with E-state index in [0.717, 1.165) is 38.9 Å². The first-order valence-electron chi connectivity index (χ1n) is 21.6. The van der Waals surface area contributed by atoms with Crippen molar-refractivity contribution in [3.8, 4) is 16.8 Å². The van der Waals surface area contributed by atoms with E-state index >= 15 is 0 Å². The highest BCUT2D eigenvalue weighted by Gasteiger charge is 2.29. The Labute approximate surface area is 368 Å². The third-order valence-corrected chi connectivity index (χ3v) is 15.6. The number of hydrogen-bond acceptors (Lipinski definition) is 4. The van der Waals surface area contributed by atoms with Crippen molar-refractivity contribution in [1.82, 2.24) is 4.57 Å². The number of fused-ring (bicyclic) bond motifs is 14. The average Bonchev–Trinajstić information content (AvgIpc) is 4.00. The van der Waals surface area contributed by atoms with Gasteiger partial charge in [-0.1, -0.05) is 114 Å². The average molecular weight is 834 g/mol. The predicted molar refractivity (Wildman–Crippen MR) is 271 cm³/mol. The third-order valence-electron chi connectivity index (χ3n) is 13.3. The molecule has 4 aromatic heterocycles. The van der Waals surface area contributed by atoms with Crippen molar-refractivity contribution in [2.75, 3.05) is 5.32 Å². The second-order valence-corrected chi connectivity index (χ2v) is 21.4. The van der Waals surface area contributed by atoms with E-state index < -0.39 is 0 Å². The van der Waals surface area contributed by atoms with Crippen LogP contribution >= 0.6 is 22.7 Å². The Balaban J connectivity index is 1.11. The van der Waals surface area contributed by atoms with Crippen LogP contribution in [0.1, 0.15) is 52.7 Å². The van der Waals surface area contributed by atoms with E-state index in [4.69, 9.17) is 4.42 Å². The minimum Gasteiger partial charge on any atom is -0.456 e. The summed E-state index contributed by atoms with van der Waals surface area (Å²) in [4.78, 5) is 0. The van der Waals surface area contributed by atoms with E-state index in [9.17, 15) is 0 Å². The Morgan fingerprint density at radius 2 is 1.16 bits per heavy atom. The molecule has 0 amide bonds. The van der Waals surface area contributed by atoms with Crippen LogP contribution in [0.15, 0.2) is 144 Å². The van der Waals surface area contributed by atoms with Gasteiger partial charge in [-0.05, 0) is 99.7 Å². The number of furan rings is 1. The highest BCUT2D eigenvalue weighted by Crippen LogP contribution is 2.45. The topological polar surface area (TPSA) is 30.1 Å². The zero-order valence-corrected chi connectivity index (χ0v) is 37.2. The molecule has 0 aliphatic carbocycles. The number of hydrogen-bond donors (Lipinski definition) is 1. The van der Waals surface area contributed by atoms with Crippen LogP contribution in [0.5, 0.6) is 0 Å². The largest absolute Gasteiger partial charge is 0.456 e. The van der Waals surface area contributed by atoms with Crippen molar-refractivity contribution < 1.29 is 4.42 Å². The van der Waals surface area contributed by atoms with E-state index in [0.29, 0.717) is 0 Å². The number of aromatic nitrogens is 1. The van der Waals surface area contributed by atoms with Gasteiger partial charge >= 0.3 is 0 Å². The fraction of sp³-hybridized carbons (Fsp3) is 0.143. The van der Waals surface area contributed by atoms with Gasteiger partial charge in [-0.2, -0.15) is 0 Å². The summed E-state index contributed by atoms with van der Waals surface area (Å²) in [5.74, 6) is 0. The monoisotopic (exact) mass is 833 g/mol. The predicted octanol–water partition coefficient (Wildman–Crippen LogP) is 15.4. The van der Waals surface area contributed by atoms with Crippen LogP contribution in [0.2, 0.25) is 0 Å². The Morgan fingerprint density at radius 3 is 1.89 bits per heavy atom. The maximum atomic E-state index is 6.67. The maximum Gasteiger partial charge on any atom is 0.197 e. The summed E-state index contributed by atoms with van der Waals surface area (Å²) in [6.45, 7) is 13.6. The summed E-state index contributed by atoms with van der Waals surface area (Å²) in [5.41, 5.74) is 15.0. The molecular weight excluding hydrogens is 792 g/mol. The molecule has 8 aromatic carbocycles. The van der Waals surface area contributed by atoms with Crippen LogP contribution in [-0.4, -0.2) is 11.8 Å². The summed E-state index contributed by atoms with van der Waals surface area (Å²) in [7, 11) is 2.46. The van der Waals surface area contributed by atoms with Gasteiger partial charge in [0, 0.05) is 90.4 Å². The molecule has 6 heteroatoms. The minimum absolute atomic E-state index is 0.00686. The number of nitrogens with zero attached hydrogens (tertiary/aromatic N) is 1. The van der Waals surface area contributed by atoms with Crippen molar-refractivity contribution in [1.29, 1.82) is 0 Å². The quantitative estimate of drug-likeness (QED) is 0.180. The molecule has 1 radical (unpaired) electrons. The number of rotatable bonds is 3. The van der Waals surface area contributed by atoms with Gasteiger partial charge in [0.2, 0.25) is 0 Å². The van der Waals surface area contributed by atoms with Gasteiger partial charge in [-0.3, -0.25) is 0 Å². The number of benzene rings is 8. The van der Waals surface area contributed by atoms with Crippen molar-refractivity contribution in [3.63, 3.8) is 0 Å². The highest BCUT2D eigenvalue weighted by molar-refractivity contribution is 7.26. The van der Waals surface area contributed by atoms with E-state index in [1.165, 1.54) is 95.5 Å².